The maximum absolute atomic E-state index is 12.9. The number of aromatic nitrogens is 2. The van der Waals surface area contributed by atoms with E-state index in [9.17, 15) is 4.79 Å². The fraction of sp³-hybridized carbons (Fsp3) is 0.111. The van der Waals surface area contributed by atoms with Crippen LogP contribution in [0.15, 0.2) is 97.5 Å². The summed E-state index contributed by atoms with van der Waals surface area (Å²) in [6, 6.07) is 28.7. The minimum atomic E-state index is -0.494. The molecule has 0 spiro atoms. The number of nitrogens with one attached hydrogen (secondary N) is 1. The lowest BCUT2D eigenvalue weighted by Gasteiger charge is -2.22. The van der Waals surface area contributed by atoms with Gasteiger partial charge in [-0.05, 0) is 28.0 Å². The van der Waals surface area contributed by atoms with Crippen LogP contribution < -0.4 is 0 Å². The number of imidazole rings is 1. The van der Waals surface area contributed by atoms with Gasteiger partial charge in [0.1, 0.15) is 0 Å². The Balaban J connectivity index is 1.57. The van der Waals surface area contributed by atoms with E-state index in [1.165, 1.54) is 0 Å². The van der Waals surface area contributed by atoms with Crippen LogP contribution in [0.3, 0.4) is 0 Å². The SMILES string of the molecule is O=C(CCc1cnc[nH]1)OC(c1cccc2ccccc12)c1cccc2ccccc12. The molecule has 0 fully saturated rings. The highest BCUT2D eigenvalue weighted by Gasteiger charge is 2.23. The maximum Gasteiger partial charge on any atom is 0.307 e. The predicted molar refractivity (Wildman–Crippen MR) is 123 cm³/mol. The molecule has 0 atom stereocenters. The second kappa shape index (κ2) is 8.44. The molecule has 152 valence electrons. The molecule has 0 aliphatic carbocycles. The molecule has 31 heavy (non-hydrogen) atoms. The Kier molecular flexibility index (Phi) is 5.19. The largest absolute Gasteiger partial charge is 0.452 e. The number of fused-ring (bicyclic) bond motifs is 2. The van der Waals surface area contributed by atoms with E-state index in [0.29, 0.717) is 6.42 Å². The summed E-state index contributed by atoms with van der Waals surface area (Å²) in [5.41, 5.74) is 2.90. The van der Waals surface area contributed by atoms with E-state index < -0.39 is 6.10 Å². The van der Waals surface area contributed by atoms with Crippen LogP contribution in [0.2, 0.25) is 0 Å². The zero-order valence-corrected chi connectivity index (χ0v) is 17.0. The van der Waals surface area contributed by atoms with Gasteiger partial charge in [-0.3, -0.25) is 4.79 Å². The fourth-order valence-corrected chi connectivity index (χ4v) is 4.10. The van der Waals surface area contributed by atoms with Gasteiger partial charge in [0, 0.05) is 23.0 Å². The first-order valence-corrected chi connectivity index (χ1v) is 10.4. The monoisotopic (exact) mass is 406 g/mol. The van der Waals surface area contributed by atoms with Crippen molar-refractivity contribution in [3.05, 3.63) is 114 Å². The molecular weight excluding hydrogens is 384 g/mol. The third kappa shape index (κ3) is 3.92. The number of hydrogen-bond acceptors (Lipinski definition) is 3. The lowest BCUT2D eigenvalue weighted by atomic mass is 9.92. The number of carbonyl (C=O) groups excluding carboxylic acids is 1. The van der Waals surface area contributed by atoms with E-state index in [1.807, 2.05) is 36.4 Å². The minimum Gasteiger partial charge on any atom is -0.452 e. The van der Waals surface area contributed by atoms with E-state index in [-0.39, 0.29) is 12.4 Å². The first kappa shape index (κ1) is 19.1. The molecule has 4 aromatic carbocycles. The van der Waals surface area contributed by atoms with Gasteiger partial charge in [0.2, 0.25) is 0 Å². The van der Waals surface area contributed by atoms with Gasteiger partial charge in [0.25, 0.3) is 0 Å². The van der Waals surface area contributed by atoms with Crippen molar-refractivity contribution in [1.82, 2.24) is 9.97 Å². The number of carbonyl (C=O) groups is 1. The van der Waals surface area contributed by atoms with Gasteiger partial charge in [0.05, 0.1) is 12.7 Å². The summed E-state index contributed by atoms with van der Waals surface area (Å²) >= 11 is 0. The molecule has 0 amide bonds. The molecule has 0 radical (unpaired) electrons. The fourth-order valence-electron chi connectivity index (χ4n) is 4.10. The van der Waals surface area contributed by atoms with Crippen molar-refractivity contribution >= 4 is 27.5 Å². The summed E-state index contributed by atoms with van der Waals surface area (Å²) < 4.78 is 6.16. The molecule has 5 aromatic rings. The third-order valence-electron chi connectivity index (χ3n) is 5.61. The topological polar surface area (TPSA) is 55.0 Å². The Morgan fingerprint density at radius 1 is 0.806 bits per heavy atom. The van der Waals surface area contributed by atoms with Crippen LogP contribution in [-0.4, -0.2) is 15.9 Å². The van der Waals surface area contributed by atoms with E-state index in [0.717, 1.165) is 38.4 Å². The van der Waals surface area contributed by atoms with Crippen molar-refractivity contribution in [1.29, 1.82) is 0 Å². The van der Waals surface area contributed by atoms with Crippen LogP contribution in [0, 0.1) is 0 Å². The Hall–Kier alpha value is -3.92. The molecule has 1 aromatic heterocycles. The summed E-state index contributed by atoms with van der Waals surface area (Å²) in [7, 11) is 0. The van der Waals surface area contributed by atoms with Gasteiger partial charge >= 0.3 is 5.97 Å². The van der Waals surface area contributed by atoms with E-state index in [4.69, 9.17) is 4.74 Å². The molecule has 0 saturated heterocycles. The normalized spacial score (nSPS) is 11.3. The summed E-state index contributed by atoms with van der Waals surface area (Å²) in [4.78, 5) is 20.0. The van der Waals surface area contributed by atoms with Gasteiger partial charge in [-0.15, -0.1) is 0 Å². The number of aromatic amines is 1. The molecule has 4 heteroatoms. The zero-order chi connectivity index (χ0) is 21.0. The Bertz CT molecular complexity index is 1250. The standard InChI is InChI=1S/C27H22N2O2/c30-26(16-15-21-17-28-18-29-21)31-27(24-13-5-9-19-7-1-3-11-22(19)24)25-14-6-10-20-8-2-4-12-23(20)25/h1-14,17-18,27H,15-16H2,(H,28,29). The van der Waals surface area contributed by atoms with E-state index >= 15 is 0 Å². The molecule has 0 aliphatic heterocycles. The van der Waals surface area contributed by atoms with Crippen molar-refractivity contribution in [3.63, 3.8) is 0 Å². The number of H-pyrrole nitrogens is 1. The van der Waals surface area contributed by atoms with Crippen molar-refractivity contribution in [2.24, 2.45) is 0 Å². The number of nitrogens with zero attached hydrogens (tertiary/aromatic N) is 1. The average Bonchev–Trinajstić information content (AvgIpc) is 3.34. The Morgan fingerprint density at radius 2 is 1.39 bits per heavy atom. The first-order chi connectivity index (χ1) is 15.3. The second-order valence-electron chi connectivity index (χ2n) is 7.58. The van der Waals surface area contributed by atoms with Gasteiger partial charge in [-0.25, -0.2) is 4.98 Å². The lowest BCUT2D eigenvalue weighted by Crippen LogP contribution is -2.14. The summed E-state index contributed by atoms with van der Waals surface area (Å²) in [6.07, 6.45) is 3.72. The van der Waals surface area contributed by atoms with Crippen molar-refractivity contribution in [2.45, 2.75) is 18.9 Å². The first-order valence-electron chi connectivity index (χ1n) is 10.4. The van der Waals surface area contributed by atoms with Crippen LogP contribution in [0.25, 0.3) is 21.5 Å². The van der Waals surface area contributed by atoms with E-state index in [2.05, 4.69) is 58.5 Å². The van der Waals surface area contributed by atoms with Crippen LogP contribution in [0.1, 0.15) is 29.3 Å². The highest BCUT2D eigenvalue weighted by molar-refractivity contribution is 5.90. The molecule has 0 saturated carbocycles. The third-order valence-corrected chi connectivity index (χ3v) is 5.61. The molecule has 5 rings (SSSR count). The Labute approximate surface area is 180 Å². The van der Waals surface area contributed by atoms with Crippen molar-refractivity contribution in [3.8, 4) is 0 Å². The van der Waals surface area contributed by atoms with Gasteiger partial charge in [0.15, 0.2) is 6.10 Å². The molecule has 4 nitrogen and oxygen atoms in total. The number of ether oxygens (including phenoxy) is 1. The van der Waals surface area contributed by atoms with Crippen molar-refractivity contribution in [2.75, 3.05) is 0 Å². The predicted octanol–water partition coefficient (Wildman–Crippen LogP) is 5.98. The van der Waals surface area contributed by atoms with Crippen molar-refractivity contribution < 1.29 is 9.53 Å². The van der Waals surface area contributed by atoms with Gasteiger partial charge in [-0.1, -0.05) is 84.9 Å². The van der Waals surface area contributed by atoms with E-state index in [1.54, 1.807) is 12.5 Å². The van der Waals surface area contributed by atoms with Gasteiger partial charge in [-0.2, -0.15) is 0 Å². The highest BCUT2D eigenvalue weighted by atomic mass is 16.5. The number of hydrogen-bond donors (Lipinski definition) is 1. The maximum atomic E-state index is 12.9. The molecule has 0 aliphatic rings. The molecule has 1 heterocycles. The zero-order valence-electron chi connectivity index (χ0n) is 17.0. The number of benzene rings is 4. The van der Waals surface area contributed by atoms with Crippen LogP contribution >= 0.6 is 0 Å². The Morgan fingerprint density at radius 3 is 1.97 bits per heavy atom. The van der Waals surface area contributed by atoms with Crippen LogP contribution in [0.4, 0.5) is 0 Å². The second-order valence-corrected chi connectivity index (χ2v) is 7.58. The van der Waals surface area contributed by atoms with Gasteiger partial charge < -0.3 is 9.72 Å². The minimum absolute atomic E-state index is 0.236. The molecular formula is C27H22N2O2. The number of aryl methyl sites for hydroxylation is 1. The number of esters is 1. The summed E-state index contributed by atoms with van der Waals surface area (Å²) in [6.45, 7) is 0. The van der Waals surface area contributed by atoms with Crippen LogP contribution in [-0.2, 0) is 16.0 Å². The summed E-state index contributed by atoms with van der Waals surface area (Å²) in [5, 5.41) is 4.42. The molecule has 0 unspecified atom stereocenters. The van der Waals surface area contributed by atoms with Crippen LogP contribution in [0.5, 0.6) is 0 Å². The lowest BCUT2D eigenvalue weighted by molar-refractivity contribution is -0.147. The summed E-state index contributed by atoms with van der Waals surface area (Å²) in [5.74, 6) is -0.236. The quantitative estimate of drug-likeness (QED) is 0.353. The highest BCUT2D eigenvalue weighted by Crippen LogP contribution is 2.35. The molecule has 0 bridgehead atoms. The average molecular weight is 406 g/mol. The molecule has 1 N–H and O–H groups in total. The number of rotatable bonds is 6. The smallest absolute Gasteiger partial charge is 0.307 e.